The zero-order valence-corrected chi connectivity index (χ0v) is 19.8. The highest BCUT2D eigenvalue weighted by atomic mass is 35.5. The summed E-state index contributed by atoms with van der Waals surface area (Å²) in [6.45, 7) is 2.22. The predicted octanol–water partition coefficient (Wildman–Crippen LogP) is 5.20. The van der Waals surface area contributed by atoms with Gasteiger partial charge in [0, 0.05) is 54.6 Å². The highest BCUT2D eigenvalue weighted by Crippen LogP contribution is 2.26. The van der Waals surface area contributed by atoms with Crippen LogP contribution in [-0.2, 0) is 0 Å². The Labute approximate surface area is 211 Å². The quantitative estimate of drug-likeness (QED) is 0.275. The molecule has 2 heterocycles. The summed E-state index contributed by atoms with van der Waals surface area (Å²) in [5.41, 5.74) is 2.63. The van der Waals surface area contributed by atoms with E-state index in [2.05, 4.69) is 10.00 Å². The van der Waals surface area contributed by atoms with Crippen molar-refractivity contribution in [3.8, 4) is 16.9 Å². The first kappa shape index (κ1) is 23.5. The van der Waals surface area contributed by atoms with E-state index in [-0.39, 0.29) is 23.1 Å². The minimum absolute atomic E-state index is 0.111. The summed E-state index contributed by atoms with van der Waals surface area (Å²) in [4.78, 5) is 28.4. The number of benzene rings is 3. The molecule has 1 fully saturated rings. The zero-order chi connectivity index (χ0) is 25.2. The number of amides is 1. The molecule has 0 radical (unpaired) electrons. The summed E-state index contributed by atoms with van der Waals surface area (Å²) in [5.74, 6) is -0.626. The molecule has 0 bridgehead atoms. The lowest BCUT2D eigenvalue weighted by Gasteiger charge is -2.36. The number of hydrogen-bond acceptors (Lipinski definition) is 5. The van der Waals surface area contributed by atoms with Gasteiger partial charge in [0.05, 0.1) is 16.3 Å². The van der Waals surface area contributed by atoms with Crippen molar-refractivity contribution in [2.75, 3.05) is 31.1 Å². The van der Waals surface area contributed by atoms with Gasteiger partial charge in [0.2, 0.25) is 0 Å². The van der Waals surface area contributed by atoms with Gasteiger partial charge >= 0.3 is 0 Å². The Kier molecular flexibility index (Phi) is 6.39. The second-order valence-electron chi connectivity index (χ2n) is 8.37. The lowest BCUT2D eigenvalue weighted by atomic mass is 10.1. The topological polar surface area (TPSA) is 84.5 Å². The molecule has 0 saturated carbocycles. The molecular formula is C26H21ClFN5O3. The Hall–Kier alpha value is -4.24. The van der Waals surface area contributed by atoms with E-state index >= 15 is 0 Å². The molecule has 1 aromatic heterocycles. The predicted molar refractivity (Wildman–Crippen MR) is 135 cm³/mol. The van der Waals surface area contributed by atoms with Crippen LogP contribution in [0.4, 0.5) is 15.8 Å². The SMILES string of the molecule is O=C(c1cc(-c2ccc(F)cc2)nn1-c1cccc([N+](=O)[O-])c1)N1CCN(c2cccc(Cl)c2)CC1. The first-order chi connectivity index (χ1) is 17.4. The molecule has 0 spiro atoms. The van der Waals surface area contributed by atoms with Gasteiger partial charge in [-0.25, -0.2) is 9.07 Å². The first-order valence-corrected chi connectivity index (χ1v) is 11.7. The van der Waals surface area contributed by atoms with Crippen LogP contribution in [0.5, 0.6) is 0 Å². The summed E-state index contributed by atoms with van der Waals surface area (Å²) < 4.78 is 14.9. The number of non-ortho nitro benzene ring substituents is 1. The van der Waals surface area contributed by atoms with Crippen LogP contribution < -0.4 is 4.90 Å². The zero-order valence-electron chi connectivity index (χ0n) is 19.1. The minimum atomic E-state index is -0.496. The number of nitro benzene ring substituents is 1. The minimum Gasteiger partial charge on any atom is -0.368 e. The number of halogens is 2. The maximum Gasteiger partial charge on any atom is 0.272 e. The Balaban J connectivity index is 1.46. The molecule has 0 atom stereocenters. The molecule has 10 heteroatoms. The van der Waals surface area contributed by atoms with Crippen molar-refractivity contribution in [1.29, 1.82) is 0 Å². The number of nitrogens with zero attached hydrogens (tertiary/aromatic N) is 5. The van der Waals surface area contributed by atoms with Gasteiger partial charge in [0.1, 0.15) is 11.5 Å². The second-order valence-corrected chi connectivity index (χ2v) is 8.81. The number of piperazine rings is 1. The van der Waals surface area contributed by atoms with E-state index in [1.165, 1.54) is 28.9 Å². The summed E-state index contributed by atoms with van der Waals surface area (Å²) in [6.07, 6.45) is 0. The van der Waals surface area contributed by atoms with E-state index in [0.717, 1.165) is 5.69 Å². The Morgan fingerprint density at radius 3 is 2.31 bits per heavy atom. The number of aromatic nitrogens is 2. The van der Waals surface area contributed by atoms with E-state index in [0.29, 0.717) is 48.1 Å². The van der Waals surface area contributed by atoms with Crippen molar-refractivity contribution < 1.29 is 14.1 Å². The third-order valence-electron chi connectivity index (χ3n) is 6.09. The normalized spacial score (nSPS) is 13.6. The first-order valence-electron chi connectivity index (χ1n) is 11.3. The number of carbonyl (C=O) groups is 1. The maximum absolute atomic E-state index is 13.6. The molecule has 1 aliphatic rings. The molecule has 0 N–H and O–H groups in total. The van der Waals surface area contributed by atoms with Gasteiger partial charge in [-0.1, -0.05) is 23.7 Å². The van der Waals surface area contributed by atoms with Crippen molar-refractivity contribution >= 4 is 28.9 Å². The molecule has 182 valence electrons. The molecular weight excluding hydrogens is 485 g/mol. The third kappa shape index (κ3) is 4.78. The summed E-state index contributed by atoms with van der Waals surface area (Å²) in [7, 11) is 0. The van der Waals surface area contributed by atoms with Gasteiger partial charge in [0.15, 0.2) is 0 Å². The number of rotatable bonds is 5. The van der Waals surface area contributed by atoms with Crippen molar-refractivity contribution in [3.63, 3.8) is 0 Å². The van der Waals surface area contributed by atoms with Gasteiger partial charge < -0.3 is 9.80 Å². The number of hydrogen-bond donors (Lipinski definition) is 0. The average Bonchev–Trinajstić information content (AvgIpc) is 3.34. The van der Waals surface area contributed by atoms with E-state index in [4.69, 9.17) is 11.6 Å². The van der Waals surface area contributed by atoms with Crippen molar-refractivity contribution in [3.05, 3.63) is 106 Å². The second kappa shape index (κ2) is 9.79. The average molecular weight is 506 g/mol. The standard InChI is InChI=1S/C26H21ClFN5O3/c27-19-3-1-4-21(15-19)30-11-13-31(14-12-30)26(34)25-17-24(18-7-9-20(28)10-8-18)29-32(25)22-5-2-6-23(16-22)33(35)36/h1-10,15-17H,11-14H2. The van der Waals surface area contributed by atoms with Crippen molar-refractivity contribution in [2.45, 2.75) is 0 Å². The fourth-order valence-corrected chi connectivity index (χ4v) is 4.42. The molecule has 1 amide bonds. The Bertz CT molecular complexity index is 1430. The molecule has 0 unspecified atom stereocenters. The van der Waals surface area contributed by atoms with Gasteiger partial charge in [-0.15, -0.1) is 0 Å². The van der Waals surface area contributed by atoms with Crippen LogP contribution in [0.1, 0.15) is 10.5 Å². The molecule has 0 aliphatic carbocycles. The smallest absolute Gasteiger partial charge is 0.272 e. The largest absolute Gasteiger partial charge is 0.368 e. The Morgan fingerprint density at radius 1 is 0.917 bits per heavy atom. The van der Waals surface area contributed by atoms with Crippen LogP contribution in [0.3, 0.4) is 0 Å². The molecule has 36 heavy (non-hydrogen) atoms. The van der Waals surface area contributed by atoms with E-state index in [1.54, 1.807) is 35.2 Å². The van der Waals surface area contributed by atoms with Crippen LogP contribution >= 0.6 is 11.6 Å². The van der Waals surface area contributed by atoms with Crippen LogP contribution in [0, 0.1) is 15.9 Å². The summed E-state index contributed by atoms with van der Waals surface area (Å²) in [5, 5.41) is 16.6. The van der Waals surface area contributed by atoms with Gasteiger partial charge in [-0.05, 0) is 54.6 Å². The van der Waals surface area contributed by atoms with Crippen LogP contribution in [0.25, 0.3) is 16.9 Å². The summed E-state index contributed by atoms with van der Waals surface area (Å²) in [6, 6.07) is 21.0. The van der Waals surface area contributed by atoms with Gasteiger partial charge in [-0.2, -0.15) is 5.10 Å². The molecule has 5 rings (SSSR count). The molecule has 8 nitrogen and oxygen atoms in total. The maximum atomic E-state index is 13.6. The molecule has 3 aromatic carbocycles. The van der Waals surface area contributed by atoms with Gasteiger partial charge in [0.25, 0.3) is 11.6 Å². The fraction of sp³-hybridized carbons (Fsp3) is 0.154. The van der Waals surface area contributed by atoms with E-state index in [9.17, 15) is 19.3 Å². The highest BCUT2D eigenvalue weighted by Gasteiger charge is 2.27. The van der Waals surface area contributed by atoms with Gasteiger partial charge in [-0.3, -0.25) is 14.9 Å². The van der Waals surface area contributed by atoms with Crippen molar-refractivity contribution in [1.82, 2.24) is 14.7 Å². The van der Waals surface area contributed by atoms with Crippen LogP contribution in [0.15, 0.2) is 78.9 Å². The lowest BCUT2D eigenvalue weighted by molar-refractivity contribution is -0.384. The molecule has 1 aliphatic heterocycles. The van der Waals surface area contributed by atoms with Crippen LogP contribution in [0.2, 0.25) is 5.02 Å². The molecule has 4 aromatic rings. The highest BCUT2D eigenvalue weighted by molar-refractivity contribution is 6.30. The van der Waals surface area contributed by atoms with Crippen molar-refractivity contribution in [2.24, 2.45) is 0 Å². The molecule has 1 saturated heterocycles. The Morgan fingerprint density at radius 2 is 1.61 bits per heavy atom. The number of nitro groups is 1. The number of anilines is 1. The lowest BCUT2D eigenvalue weighted by Crippen LogP contribution is -2.49. The van der Waals surface area contributed by atoms with E-state index in [1.807, 2.05) is 24.3 Å². The fourth-order valence-electron chi connectivity index (χ4n) is 4.23. The third-order valence-corrected chi connectivity index (χ3v) is 6.33. The summed E-state index contributed by atoms with van der Waals surface area (Å²) >= 11 is 6.13. The van der Waals surface area contributed by atoms with E-state index < -0.39 is 4.92 Å². The monoisotopic (exact) mass is 505 g/mol. The number of carbonyl (C=O) groups excluding carboxylic acids is 1. The van der Waals surface area contributed by atoms with Crippen LogP contribution in [-0.4, -0.2) is 51.7 Å².